The average molecular weight is 126 g/mol. The van der Waals surface area contributed by atoms with Crippen LogP contribution in [0, 0.1) is 5.92 Å². The van der Waals surface area contributed by atoms with Crippen LogP contribution < -0.4 is 5.32 Å². The number of nitrogens with one attached hydrogen (secondary N) is 1. The highest BCUT2D eigenvalue weighted by Gasteiger charge is 2.17. The average Bonchev–Trinajstić information content (AvgIpc) is 1.80. The zero-order chi connectivity index (χ0) is 6.85. The monoisotopic (exact) mass is 126 g/mol. The van der Waals surface area contributed by atoms with Gasteiger partial charge >= 0.3 is 6.03 Å². The zero-order valence-electron chi connectivity index (χ0n) is 4.92. The third-order valence-electron chi connectivity index (χ3n) is 1.06. The summed E-state index contributed by atoms with van der Waals surface area (Å²) in [5, 5.41) is 2.05. The molecule has 4 heteroatoms. The van der Waals surface area contributed by atoms with E-state index < -0.39 is 6.03 Å². The molecule has 1 aliphatic rings. The third-order valence-corrected chi connectivity index (χ3v) is 1.06. The molecule has 1 aliphatic heterocycles. The van der Waals surface area contributed by atoms with Gasteiger partial charge < -0.3 is 0 Å². The van der Waals surface area contributed by atoms with E-state index in [1.54, 1.807) is 6.92 Å². The van der Waals surface area contributed by atoms with Gasteiger partial charge in [0.15, 0.2) is 0 Å². The molecule has 3 amide bonds. The fourth-order valence-electron chi connectivity index (χ4n) is 0.499. The van der Waals surface area contributed by atoms with Crippen LogP contribution in [0.2, 0.25) is 0 Å². The van der Waals surface area contributed by atoms with Gasteiger partial charge in [-0.3, -0.25) is 10.1 Å². The van der Waals surface area contributed by atoms with Crippen LogP contribution in [0.3, 0.4) is 0 Å². The van der Waals surface area contributed by atoms with E-state index in [0.29, 0.717) is 0 Å². The Hall–Kier alpha value is -1.19. The van der Waals surface area contributed by atoms with Crippen molar-refractivity contribution in [1.82, 2.24) is 5.32 Å². The second-order valence-corrected chi connectivity index (χ2v) is 1.86. The van der Waals surface area contributed by atoms with Gasteiger partial charge in [-0.1, -0.05) is 0 Å². The van der Waals surface area contributed by atoms with E-state index in [1.165, 1.54) is 6.21 Å². The highest BCUT2D eigenvalue weighted by Crippen LogP contribution is 1.95. The fraction of sp³-hybridized carbons (Fsp3) is 0.400. The van der Waals surface area contributed by atoms with E-state index in [2.05, 4.69) is 10.3 Å². The predicted octanol–water partition coefficient (Wildman–Crippen LogP) is -0.0569. The summed E-state index contributed by atoms with van der Waals surface area (Å²) in [6, 6.07) is -0.571. The molecule has 0 bridgehead atoms. The molecular formula is C5H6N2O2. The van der Waals surface area contributed by atoms with Crippen LogP contribution in [-0.4, -0.2) is 18.2 Å². The van der Waals surface area contributed by atoms with E-state index in [0.717, 1.165) is 0 Å². The van der Waals surface area contributed by atoms with E-state index >= 15 is 0 Å². The number of amides is 3. The number of nitrogens with zero attached hydrogens (tertiary/aromatic N) is 1. The van der Waals surface area contributed by atoms with Crippen LogP contribution in [0.5, 0.6) is 0 Å². The van der Waals surface area contributed by atoms with Gasteiger partial charge in [0.1, 0.15) is 0 Å². The van der Waals surface area contributed by atoms with Gasteiger partial charge in [0, 0.05) is 6.21 Å². The molecular weight excluding hydrogens is 120 g/mol. The number of hydrogen-bond donors (Lipinski definition) is 1. The number of urea groups is 1. The maximum absolute atomic E-state index is 10.6. The first kappa shape index (κ1) is 5.94. The maximum atomic E-state index is 10.6. The summed E-state index contributed by atoms with van der Waals surface area (Å²) < 4.78 is 0. The van der Waals surface area contributed by atoms with Crippen molar-refractivity contribution in [2.45, 2.75) is 6.92 Å². The number of imide groups is 1. The van der Waals surface area contributed by atoms with Crippen molar-refractivity contribution < 1.29 is 9.59 Å². The SMILES string of the molecule is C[C@H]1C=NC(=O)NC1=O. The molecule has 0 spiro atoms. The van der Waals surface area contributed by atoms with Gasteiger partial charge in [-0.05, 0) is 6.92 Å². The Kier molecular flexibility index (Phi) is 1.30. The van der Waals surface area contributed by atoms with Gasteiger partial charge in [0.05, 0.1) is 5.92 Å². The molecule has 0 radical (unpaired) electrons. The molecule has 1 heterocycles. The number of carbonyl (C=O) groups excluding carboxylic acids is 2. The Morgan fingerprint density at radius 1 is 1.67 bits per heavy atom. The van der Waals surface area contributed by atoms with Crippen molar-refractivity contribution in [2.75, 3.05) is 0 Å². The first-order valence-corrected chi connectivity index (χ1v) is 2.59. The van der Waals surface area contributed by atoms with Crippen molar-refractivity contribution in [3.05, 3.63) is 0 Å². The van der Waals surface area contributed by atoms with Gasteiger partial charge in [-0.2, -0.15) is 0 Å². The molecule has 1 atom stereocenters. The van der Waals surface area contributed by atoms with Crippen LogP contribution >= 0.6 is 0 Å². The quantitative estimate of drug-likeness (QED) is 0.494. The molecule has 4 nitrogen and oxygen atoms in total. The number of carbonyl (C=O) groups is 2. The number of hydrogen-bond acceptors (Lipinski definition) is 2. The molecule has 9 heavy (non-hydrogen) atoms. The van der Waals surface area contributed by atoms with E-state index in [4.69, 9.17) is 0 Å². The Morgan fingerprint density at radius 2 is 2.33 bits per heavy atom. The number of aliphatic imine (C=N–C) groups is 1. The van der Waals surface area contributed by atoms with E-state index in [9.17, 15) is 9.59 Å². The lowest BCUT2D eigenvalue weighted by Gasteiger charge is -2.08. The van der Waals surface area contributed by atoms with E-state index in [-0.39, 0.29) is 11.8 Å². The van der Waals surface area contributed by atoms with Crippen LogP contribution in [-0.2, 0) is 4.79 Å². The molecule has 1 N–H and O–H groups in total. The summed E-state index contributed by atoms with van der Waals surface area (Å²) >= 11 is 0. The van der Waals surface area contributed by atoms with Crippen molar-refractivity contribution in [3.8, 4) is 0 Å². The van der Waals surface area contributed by atoms with Gasteiger partial charge in [0.25, 0.3) is 0 Å². The topological polar surface area (TPSA) is 58.5 Å². The van der Waals surface area contributed by atoms with Gasteiger partial charge in [-0.25, -0.2) is 9.79 Å². The Bertz CT molecular complexity index is 185. The van der Waals surface area contributed by atoms with Crippen LogP contribution in [0.15, 0.2) is 4.99 Å². The summed E-state index contributed by atoms with van der Waals surface area (Å²) in [4.78, 5) is 24.2. The minimum atomic E-state index is -0.571. The lowest BCUT2D eigenvalue weighted by Crippen LogP contribution is -2.37. The van der Waals surface area contributed by atoms with Crippen LogP contribution in [0.25, 0.3) is 0 Å². The van der Waals surface area contributed by atoms with Crippen LogP contribution in [0.1, 0.15) is 6.92 Å². The summed E-state index contributed by atoms with van der Waals surface area (Å²) in [5.74, 6) is -0.558. The lowest BCUT2D eigenvalue weighted by molar-refractivity contribution is -0.121. The summed E-state index contributed by atoms with van der Waals surface area (Å²) in [6.07, 6.45) is 1.33. The van der Waals surface area contributed by atoms with Gasteiger partial charge in [-0.15, -0.1) is 0 Å². The minimum absolute atomic E-state index is 0.275. The van der Waals surface area contributed by atoms with Gasteiger partial charge in [0.2, 0.25) is 5.91 Å². The highest BCUT2D eigenvalue weighted by atomic mass is 16.2. The third kappa shape index (κ3) is 1.13. The van der Waals surface area contributed by atoms with Crippen molar-refractivity contribution >= 4 is 18.2 Å². The predicted molar refractivity (Wildman–Crippen MR) is 31.2 cm³/mol. The standard InChI is InChI=1S/C5H6N2O2/c1-3-2-6-5(9)7-4(3)8/h2-3H,1H3,(H,7,8,9)/t3-/m0/s1. The summed E-state index contributed by atoms with van der Waals surface area (Å²) in [6.45, 7) is 1.67. The molecule has 0 fully saturated rings. The van der Waals surface area contributed by atoms with E-state index in [1.807, 2.05) is 0 Å². The normalized spacial score (nSPS) is 26.1. The van der Waals surface area contributed by atoms with Crippen LogP contribution in [0.4, 0.5) is 4.79 Å². The lowest BCUT2D eigenvalue weighted by atomic mass is 10.2. The second-order valence-electron chi connectivity index (χ2n) is 1.86. The second kappa shape index (κ2) is 1.97. The Labute approximate surface area is 52.0 Å². The minimum Gasteiger partial charge on any atom is -0.276 e. The summed E-state index contributed by atoms with van der Waals surface area (Å²) in [5.41, 5.74) is 0. The first-order valence-electron chi connectivity index (χ1n) is 2.59. The largest absolute Gasteiger partial charge is 0.347 e. The molecule has 0 aromatic rings. The first-order chi connectivity index (χ1) is 4.20. The highest BCUT2D eigenvalue weighted by molar-refractivity contribution is 6.08. The molecule has 0 unspecified atom stereocenters. The summed E-state index contributed by atoms with van der Waals surface area (Å²) in [7, 11) is 0. The zero-order valence-corrected chi connectivity index (χ0v) is 4.92. The van der Waals surface area contributed by atoms with Crippen molar-refractivity contribution in [1.29, 1.82) is 0 Å². The van der Waals surface area contributed by atoms with Crippen molar-refractivity contribution in [2.24, 2.45) is 10.9 Å². The molecule has 0 aliphatic carbocycles. The smallest absolute Gasteiger partial charge is 0.276 e. The maximum Gasteiger partial charge on any atom is 0.347 e. The molecule has 48 valence electrons. The molecule has 0 saturated carbocycles. The Morgan fingerprint density at radius 3 is 2.78 bits per heavy atom. The van der Waals surface area contributed by atoms with Crippen molar-refractivity contribution in [3.63, 3.8) is 0 Å². The molecule has 0 aromatic heterocycles. The molecule has 0 saturated heterocycles. The molecule has 1 rings (SSSR count). The fourth-order valence-corrected chi connectivity index (χ4v) is 0.499. The number of rotatable bonds is 0. The molecule has 0 aromatic carbocycles. The Balaban J connectivity index is 2.76.